The quantitative estimate of drug-likeness (QED) is 0.686. The van der Waals surface area contributed by atoms with Gasteiger partial charge >= 0.3 is 5.97 Å². The Labute approximate surface area is 130 Å². The van der Waals surface area contributed by atoms with E-state index >= 15 is 0 Å². The molecule has 1 heterocycles. The third kappa shape index (κ3) is 2.73. The lowest BCUT2D eigenvalue weighted by molar-refractivity contribution is 0.0698. The van der Waals surface area contributed by atoms with E-state index in [4.69, 9.17) is 5.26 Å². The number of benzene rings is 2. The van der Waals surface area contributed by atoms with Crippen LogP contribution >= 0.6 is 0 Å². The van der Waals surface area contributed by atoms with E-state index in [1.54, 1.807) is 18.2 Å². The summed E-state index contributed by atoms with van der Waals surface area (Å²) in [6.45, 7) is 0. The van der Waals surface area contributed by atoms with Crippen molar-refractivity contribution in [3.8, 4) is 6.07 Å². The van der Waals surface area contributed by atoms with E-state index in [2.05, 4.69) is 15.3 Å². The molecule has 0 unspecified atom stereocenters. The molecule has 1 aromatic heterocycles. The average Bonchev–Trinajstić information content (AvgIpc) is 2.99. The van der Waals surface area contributed by atoms with Crippen molar-refractivity contribution < 1.29 is 14.7 Å². The van der Waals surface area contributed by atoms with E-state index in [1.165, 1.54) is 18.2 Å². The second kappa shape index (κ2) is 5.61. The number of aromatic nitrogens is 2. The number of imidazole rings is 1. The average molecular weight is 306 g/mol. The summed E-state index contributed by atoms with van der Waals surface area (Å²) in [5.74, 6) is -1.72. The van der Waals surface area contributed by atoms with E-state index in [0.717, 1.165) is 0 Å². The molecule has 0 saturated carbocycles. The van der Waals surface area contributed by atoms with Gasteiger partial charge in [-0.05, 0) is 30.3 Å². The van der Waals surface area contributed by atoms with Gasteiger partial charge in [-0.2, -0.15) is 5.26 Å². The molecule has 0 aliphatic carbocycles. The van der Waals surface area contributed by atoms with Crippen LogP contribution in [0.5, 0.6) is 0 Å². The van der Waals surface area contributed by atoms with E-state index in [9.17, 15) is 14.7 Å². The molecule has 3 N–H and O–H groups in total. The molecule has 1 amide bonds. The highest BCUT2D eigenvalue weighted by Gasteiger charge is 2.16. The summed E-state index contributed by atoms with van der Waals surface area (Å²) in [5, 5.41) is 20.5. The Hall–Kier alpha value is -3.66. The van der Waals surface area contributed by atoms with Crippen LogP contribution in [0.2, 0.25) is 0 Å². The number of hydrogen-bond acceptors (Lipinski definition) is 4. The second-order valence-electron chi connectivity index (χ2n) is 4.73. The number of hydrogen-bond donors (Lipinski definition) is 3. The van der Waals surface area contributed by atoms with Crippen molar-refractivity contribution in [2.24, 2.45) is 0 Å². The molecule has 2 aromatic carbocycles. The fraction of sp³-hybridized carbons (Fsp3) is 0. The molecular weight excluding hydrogens is 296 g/mol. The zero-order chi connectivity index (χ0) is 16.4. The zero-order valence-corrected chi connectivity index (χ0v) is 11.7. The summed E-state index contributed by atoms with van der Waals surface area (Å²) in [4.78, 5) is 30.5. The Morgan fingerprint density at radius 2 is 2.00 bits per heavy atom. The molecule has 0 spiro atoms. The summed E-state index contributed by atoms with van der Waals surface area (Å²) in [7, 11) is 0. The van der Waals surface area contributed by atoms with Gasteiger partial charge in [-0.3, -0.25) is 4.79 Å². The zero-order valence-electron chi connectivity index (χ0n) is 11.7. The molecule has 3 aromatic rings. The summed E-state index contributed by atoms with van der Waals surface area (Å²) in [6, 6.07) is 13.0. The first-order valence-corrected chi connectivity index (χ1v) is 6.62. The van der Waals surface area contributed by atoms with Gasteiger partial charge in [-0.1, -0.05) is 12.1 Å². The lowest BCUT2D eigenvalue weighted by Gasteiger charge is -2.07. The largest absolute Gasteiger partial charge is 0.478 e. The Kier molecular flexibility index (Phi) is 3.49. The minimum absolute atomic E-state index is 0.0758. The topological polar surface area (TPSA) is 119 Å². The van der Waals surface area contributed by atoms with Crippen molar-refractivity contribution in [1.82, 2.24) is 9.97 Å². The van der Waals surface area contributed by atoms with Gasteiger partial charge in [0.1, 0.15) is 0 Å². The van der Waals surface area contributed by atoms with E-state index in [-0.39, 0.29) is 22.6 Å². The maximum Gasteiger partial charge on any atom is 0.337 e. The van der Waals surface area contributed by atoms with Crippen LogP contribution < -0.4 is 5.32 Å². The van der Waals surface area contributed by atoms with Crippen LogP contribution in [0.15, 0.2) is 42.5 Å². The van der Waals surface area contributed by atoms with Crippen LogP contribution in [0.3, 0.4) is 0 Å². The highest BCUT2D eigenvalue weighted by atomic mass is 16.4. The number of nitriles is 1. The maximum absolute atomic E-state index is 12.3. The number of anilines is 1. The predicted molar refractivity (Wildman–Crippen MR) is 82.2 cm³/mol. The number of rotatable bonds is 3. The summed E-state index contributed by atoms with van der Waals surface area (Å²) >= 11 is 0. The van der Waals surface area contributed by atoms with Crippen LogP contribution in [0.1, 0.15) is 26.5 Å². The molecule has 23 heavy (non-hydrogen) atoms. The van der Waals surface area contributed by atoms with Crippen LogP contribution in [0.4, 0.5) is 5.69 Å². The molecular formula is C16H10N4O3. The molecule has 7 heteroatoms. The van der Waals surface area contributed by atoms with Gasteiger partial charge in [0.15, 0.2) is 5.82 Å². The van der Waals surface area contributed by atoms with Crippen molar-refractivity contribution in [2.75, 3.05) is 5.32 Å². The number of carboxylic acid groups (broad SMARTS) is 1. The molecule has 3 rings (SSSR count). The summed E-state index contributed by atoms with van der Waals surface area (Å²) < 4.78 is 0. The highest BCUT2D eigenvalue weighted by Crippen LogP contribution is 2.19. The van der Waals surface area contributed by atoms with Crippen molar-refractivity contribution in [3.05, 3.63) is 59.4 Å². The molecule has 0 bridgehead atoms. The van der Waals surface area contributed by atoms with E-state index < -0.39 is 11.9 Å². The number of nitrogens with zero attached hydrogens (tertiary/aromatic N) is 2. The summed E-state index contributed by atoms with van der Waals surface area (Å²) in [5.41, 5.74) is 1.48. The number of H-pyrrole nitrogens is 1. The molecule has 7 nitrogen and oxygen atoms in total. The molecule has 0 atom stereocenters. The third-order valence-corrected chi connectivity index (χ3v) is 3.23. The molecule has 0 radical (unpaired) electrons. The second-order valence-corrected chi connectivity index (χ2v) is 4.73. The first-order chi connectivity index (χ1) is 11.1. The predicted octanol–water partition coefficient (Wildman–Crippen LogP) is 2.39. The number of amides is 1. The standard InChI is InChI=1S/C16H10N4O3/c17-8-9-5-6-11(10(7-9)16(22)23)20-15(21)14-18-12-3-1-2-4-13(12)19-14/h1-7H,(H,18,19)(H,20,21)(H,22,23). The molecule has 0 fully saturated rings. The highest BCUT2D eigenvalue weighted by molar-refractivity contribution is 6.07. The molecule has 112 valence electrons. The first-order valence-electron chi connectivity index (χ1n) is 6.62. The first kappa shape index (κ1) is 14.3. The molecule has 0 aliphatic rings. The van der Waals surface area contributed by atoms with Gasteiger partial charge in [-0.15, -0.1) is 0 Å². The van der Waals surface area contributed by atoms with Gasteiger partial charge in [0.05, 0.1) is 33.9 Å². The van der Waals surface area contributed by atoms with Gasteiger partial charge < -0.3 is 15.4 Å². The number of nitrogens with one attached hydrogen (secondary N) is 2. The fourth-order valence-corrected chi connectivity index (χ4v) is 2.14. The Balaban J connectivity index is 1.93. The van der Waals surface area contributed by atoms with Crippen molar-refractivity contribution in [2.45, 2.75) is 0 Å². The molecule has 0 aliphatic heterocycles. The van der Waals surface area contributed by atoms with Gasteiger partial charge in [0.2, 0.25) is 0 Å². The van der Waals surface area contributed by atoms with E-state index in [0.29, 0.717) is 11.0 Å². The lowest BCUT2D eigenvalue weighted by atomic mass is 10.1. The number of para-hydroxylation sites is 2. The molecule has 0 saturated heterocycles. The number of aromatic carboxylic acids is 1. The Bertz CT molecular complexity index is 936. The smallest absolute Gasteiger partial charge is 0.337 e. The SMILES string of the molecule is N#Cc1ccc(NC(=O)c2nc3ccccc3[nH]2)c(C(=O)O)c1. The van der Waals surface area contributed by atoms with Crippen molar-refractivity contribution >= 4 is 28.6 Å². The maximum atomic E-state index is 12.3. The van der Waals surface area contributed by atoms with Crippen molar-refractivity contribution in [3.63, 3.8) is 0 Å². The number of aromatic amines is 1. The van der Waals surface area contributed by atoms with Gasteiger partial charge in [-0.25, -0.2) is 9.78 Å². The Morgan fingerprint density at radius 3 is 2.70 bits per heavy atom. The Morgan fingerprint density at radius 1 is 1.22 bits per heavy atom. The van der Waals surface area contributed by atoms with Crippen molar-refractivity contribution in [1.29, 1.82) is 5.26 Å². The van der Waals surface area contributed by atoms with E-state index in [1.807, 2.05) is 12.1 Å². The monoisotopic (exact) mass is 306 g/mol. The number of fused-ring (bicyclic) bond motifs is 1. The van der Waals surface area contributed by atoms with Crippen LogP contribution in [-0.4, -0.2) is 27.0 Å². The van der Waals surface area contributed by atoms with Crippen LogP contribution in [0, 0.1) is 11.3 Å². The van der Waals surface area contributed by atoms with Crippen LogP contribution in [0.25, 0.3) is 11.0 Å². The minimum atomic E-state index is -1.23. The van der Waals surface area contributed by atoms with Crippen LogP contribution in [-0.2, 0) is 0 Å². The minimum Gasteiger partial charge on any atom is -0.478 e. The normalized spacial score (nSPS) is 10.2. The number of carbonyl (C=O) groups excluding carboxylic acids is 1. The fourth-order valence-electron chi connectivity index (χ4n) is 2.14. The summed E-state index contributed by atoms with van der Waals surface area (Å²) in [6.07, 6.45) is 0. The third-order valence-electron chi connectivity index (χ3n) is 3.23. The van der Waals surface area contributed by atoms with Gasteiger partial charge in [0.25, 0.3) is 5.91 Å². The number of carbonyl (C=O) groups is 2. The van der Waals surface area contributed by atoms with Gasteiger partial charge in [0, 0.05) is 0 Å². The lowest BCUT2D eigenvalue weighted by Crippen LogP contribution is -2.16. The number of carboxylic acids is 1.